The number of hydrogen-bond donors (Lipinski definition) is 6. The highest BCUT2D eigenvalue weighted by atomic mass is 32.2. The monoisotopic (exact) mass is 492 g/mol. The number of aliphatic hydroxyl groups excluding tert-OH is 4. The molecule has 0 spiro atoms. The van der Waals surface area contributed by atoms with Gasteiger partial charge in [0.05, 0.1) is 12.7 Å². The van der Waals surface area contributed by atoms with Crippen LogP contribution in [0.5, 0.6) is 5.75 Å². The minimum atomic E-state index is -1.36. The van der Waals surface area contributed by atoms with Gasteiger partial charge in [-0.25, -0.2) is 15.0 Å². The molecule has 8 N–H and O–H groups in total. The normalized spacial score (nSPS) is 23.3. The number of benzene rings is 1. The Kier molecular flexibility index (Phi) is 7.16. The van der Waals surface area contributed by atoms with Crippen LogP contribution in [0.4, 0.5) is 5.82 Å². The van der Waals surface area contributed by atoms with Crippen LogP contribution in [0.25, 0.3) is 11.2 Å². The summed E-state index contributed by atoms with van der Waals surface area (Å²) in [6, 6.07) is 6.19. The van der Waals surface area contributed by atoms with Crippen LogP contribution in [0.2, 0.25) is 0 Å². The Balaban J connectivity index is 1.49. The van der Waals surface area contributed by atoms with E-state index in [-0.39, 0.29) is 29.3 Å². The molecule has 34 heavy (non-hydrogen) atoms. The second-order valence-corrected chi connectivity index (χ2v) is 8.58. The largest absolute Gasteiger partial charge is 0.491 e. The number of imidazole rings is 1. The number of ether oxygens (including phenoxy) is 2. The van der Waals surface area contributed by atoms with Gasteiger partial charge in [0, 0.05) is 11.3 Å². The van der Waals surface area contributed by atoms with Gasteiger partial charge in [-0.05, 0) is 24.3 Å². The molecule has 0 radical (unpaired) electrons. The quantitative estimate of drug-likeness (QED) is 0.191. The van der Waals surface area contributed by atoms with Crippen LogP contribution < -0.4 is 16.2 Å². The SMILES string of the molecule is NC(=O)c1ccc(OCC(O)CSc2nc3c(N)ncnc3n2[C@@H]2O[C@H](CO)[C@@H](O)[C@H]2O)cc1. The molecule has 1 aliphatic rings. The molecular weight excluding hydrogens is 468 g/mol. The number of thioether (sulfide) groups is 1. The van der Waals surface area contributed by atoms with Crippen molar-refractivity contribution in [1.29, 1.82) is 0 Å². The molecule has 3 aromatic rings. The number of nitrogens with zero attached hydrogens (tertiary/aromatic N) is 4. The first-order valence-electron chi connectivity index (χ1n) is 10.2. The maximum atomic E-state index is 11.1. The highest BCUT2D eigenvalue weighted by Gasteiger charge is 2.45. The van der Waals surface area contributed by atoms with Crippen molar-refractivity contribution in [3.8, 4) is 5.75 Å². The third-order valence-corrected chi connectivity index (χ3v) is 6.33. The number of anilines is 1. The molecule has 2 aromatic heterocycles. The summed E-state index contributed by atoms with van der Waals surface area (Å²) < 4.78 is 12.6. The minimum absolute atomic E-state index is 0.0427. The fourth-order valence-corrected chi connectivity index (χ4v) is 4.38. The third-order valence-electron chi connectivity index (χ3n) is 5.23. The lowest BCUT2D eigenvalue weighted by atomic mass is 10.1. The van der Waals surface area contributed by atoms with Crippen molar-refractivity contribution >= 4 is 34.7 Å². The van der Waals surface area contributed by atoms with Crippen molar-refractivity contribution in [3.05, 3.63) is 36.2 Å². The lowest BCUT2D eigenvalue weighted by molar-refractivity contribution is -0.0548. The number of carbonyl (C=O) groups is 1. The average Bonchev–Trinajstić information content (AvgIpc) is 3.34. The Morgan fingerprint density at radius 1 is 1.24 bits per heavy atom. The van der Waals surface area contributed by atoms with E-state index in [0.717, 1.165) is 11.8 Å². The van der Waals surface area contributed by atoms with Crippen molar-refractivity contribution in [1.82, 2.24) is 19.5 Å². The van der Waals surface area contributed by atoms with Crippen LogP contribution in [0.1, 0.15) is 16.6 Å². The van der Waals surface area contributed by atoms with Gasteiger partial charge in [0.1, 0.15) is 37.0 Å². The first kappa shape index (κ1) is 24.1. The third kappa shape index (κ3) is 4.77. The summed E-state index contributed by atoms with van der Waals surface area (Å²) in [5.41, 5.74) is 12.0. The molecule has 5 atom stereocenters. The Labute approximate surface area is 197 Å². The van der Waals surface area contributed by atoms with Gasteiger partial charge < -0.3 is 41.4 Å². The lowest BCUT2D eigenvalue weighted by Crippen LogP contribution is -2.33. The van der Waals surface area contributed by atoms with Crippen molar-refractivity contribution in [3.63, 3.8) is 0 Å². The van der Waals surface area contributed by atoms with Gasteiger partial charge in [-0.2, -0.15) is 0 Å². The Bertz CT molecular complexity index is 1160. The number of nitrogen functional groups attached to an aromatic ring is 1. The summed E-state index contributed by atoms with van der Waals surface area (Å²) >= 11 is 1.13. The molecular formula is C20H24N6O7S. The van der Waals surface area contributed by atoms with Crippen LogP contribution in [0.15, 0.2) is 35.7 Å². The van der Waals surface area contributed by atoms with Gasteiger partial charge in [0.15, 0.2) is 28.4 Å². The van der Waals surface area contributed by atoms with E-state index < -0.39 is 43.2 Å². The number of aromatic nitrogens is 4. The zero-order valence-electron chi connectivity index (χ0n) is 17.8. The van der Waals surface area contributed by atoms with E-state index in [2.05, 4.69) is 15.0 Å². The molecule has 0 aliphatic carbocycles. The summed E-state index contributed by atoms with van der Waals surface area (Å²) in [6.07, 6.45) is -4.44. The van der Waals surface area contributed by atoms with Crippen LogP contribution in [-0.4, -0.2) is 89.2 Å². The molecule has 1 amide bonds. The van der Waals surface area contributed by atoms with Gasteiger partial charge in [0.2, 0.25) is 5.91 Å². The average molecular weight is 493 g/mol. The molecule has 4 rings (SSSR count). The van der Waals surface area contributed by atoms with Gasteiger partial charge in [-0.3, -0.25) is 9.36 Å². The van der Waals surface area contributed by atoms with E-state index >= 15 is 0 Å². The summed E-state index contributed by atoms with van der Waals surface area (Å²) in [5.74, 6) is 0.159. The van der Waals surface area contributed by atoms with Crippen LogP contribution in [0.3, 0.4) is 0 Å². The molecule has 1 aromatic carbocycles. The molecule has 182 valence electrons. The summed E-state index contributed by atoms with van der Waals surface area (Å²) in [5, 5.41) is 40.8. The summed E-state index contributed by atoms with van der Waals surface area (Å²) in [7, 11) is 0. The van der Waals surface area contributed by atoms with Crippen molar-refractivity contribution in [2.75, 3.05) is 24.7 Å². The van der Waals surface area contributed by atoms with E-state index in [1.165, 1.54) is 23.0 Å². The van der Waals surface area contributed by atoms with Crippen LogP contribution in [-0.2, 0) is 4.74 Å². The highest BCUT2D eigenvalue weighted by Crippen LogP contribution is 2.36. The smallest absolute Gasteiger partial charge is 0.248 e. The molecule has 0 saturated carbocycles. The van der Waals surface area contributed by atoms with Crippen molar-refractivity contribution in [2.45, 2.75) is 35.8 Å². The Morgan fingerprint density at radius 3 is 2.62 bits per heavy atom. The topological polar surface area (TPSA) is 212 Å². The van der Waals surface area contributed by atoms with Gasteiger partial charge >= 0.3 is 0 Å². The maximum Gasteiger partial charge on any atom is 0.248 e. The number of aliphatic hydroxyl groups is 4. The molecule has 14 heteroatoms. The van der Waals surface area contributed by atoms with E-state index in [9.17, 15) is 25.2 Å². The summed E-state index contributed by atoms with van der Waals surface area (Å²) in [4.78, 5) is 23.7. The zero-order chi connectivity index (χ0) is 24.4. The highest BCUT2D eigenvalue weighted by molar-refractivity contribution is 7.99. The molecule has 1 saturated heterocycles. The molecule has 13 nitrogen and oxygen atoms in total. The molecule has 1 aliphatic heterocycles. The van der Waals surface area contributed by atoms with E-state index in [4.69, 9.17) is 20.9 Å². The second kappa shape index (κ2) is 10.1. The predicted octanol–water partition coefficient (Wildman–Crippen LogP) is -1.35. The number of primary amides is 1. The van der Waals surface area contributed by atoms with E-state index in [1.54, 1.807) is 12.1 Å². The zero-order valence-corrected chi connectivity index (χ0v) is 18.6. The van der Waals surface area contributed by atoms with Crippen LogP contribution in [0, 0.1) is 0 Å². The van der Waals surface area contributed by atoms with Crippen LogP contribution >= 0.6 is 11.8 Å². The van der Waals surface area contributed by atoms with Crippen molar-refractivity contribution in [2.24, 2.45) is 5.73 Å². The number of carbonyl (C=O) groups excluding carboxylic acids is 1. The standard InChI is InChI=1S/C20H24N6O7S/c21-16-13-18(24-8-23-16)26(19-15(30)14(29)12(5-27)33-19)20(25-13)34-7-10(28)6-32-11-3-1-9(2-4-11)17(22)31/h1-4,8,10,12,14-15,19,27-30H,5-7H2,(H2,22,31)(H2,21,23,24)/t10?,12-,14-,15-,19-/m1/s1. The molecule has 0 bridgehead atoms. The van der Waals surface area contributed by atoms with Crippen molar-refractivity contribution < 1.29 is 34.7 Å². The fourth-order valence-electron chi connectivity index (χ4n) is 3.46. The first-order valence-corrected chi connectivity index (χ1v) is 11.2. The number of hydrogen-bond acceptors (Lipinski definition) is 12. The van der Waals surface area contributed by atoms with E-state index in [1.807, 2.05) is 0 Å². The Morgan fingerprint density at radius 2 is 1.97 bits per heavy atom. The number of fused-ring (bicyclic) bond motifs is 1. The Hall–Kier alpha value is -3.01. The predicted molar refractivity (Wildman–Crippen MR) is 120 cm³/mol. The summed E-state index contributed by atoms with van der Waals surface area (Å²) in [6.45, 7) is -0.531. The number of nitrogens with two attached hydrogens (primary N) is 2. The molecule has 1 fully saturated rings. The van der Waals surface area contributed by atoms with Gasteiger partial charge in [0.25, 0.3) is 0 Å². The van der Waals surface area contributed by atoms with Gasteiger partial charge in [-0.15, -0.1) is 0 Å². The van der Waals surface area contributed by atoms with E-state index in [0.29, 0.717) is 16.5 Å². The fraction of sp³-hybridized carbons (Fsp3) is 0.400. The second-order valence-electron chi connectivity index (χ2n) is 7.59. The molecule has 1 unspecified atom stereocenters. The number of rotatable bonds is 9. The molecule has 3 heterocycles. The minimum Gasteiger partial charge on any atom is -0.491 e. The maximum absolute atomic E-state index is 11.1. The van der Waals surface area contributed by atoms with Gasteiger partial charge in [-0.1, -0.05) is 11.8 Å². The first-order chi connectivity index (χ1) is 16.3. The lowest BCUT2D eigenvalue weighted by Gasteiger charge is -2.19. The number of amides is 1.